The molecule has 1 aromatic rings. The number of nitrogens with zero attached hydrogens (tertiary/aromatic N) is 1. The Balaban J connectivity index is 1.64. The predicted molar refractivity (Wildman–Crippen MR) is 89.0 cm³/mol. The third-order valence-electron chi connectivity index (χ3n) is 4.47. The SMILES string of the molecule is COc1ccccc1C(=O)COC(=O)[C@H]1CS[C@@]2(C)CCC(=O)N12. The second-order valence-electron chi connectivity index (χ2n) is 6.00. The molecule has 0 N–H and O–H groups in total. The maximum atomic E-state index is 12.4. The van der Waals surface area contributed by atoms with E-state index in [0.717, 1.165) is 6.42 Å². The fourth-order valence-electron chi connectivity index (χ4n) is 3.18. The molecule has 7 heteroatoms. The minimum absolute atomic E-state index is 0.0273. The Labute approximate surface area is 144 Å². The molecule has 2 fully saturated rings. The van der Waals surface area contributed by atoms with Gasteiger partial charge in [0.25, 0.3) is 0 Å². The zero-order valence-electron chi connectivity index (χ0n) is 13.6. The maximum absolute atomic E-state index is 12.4. The Bertz CT molecular complexity index is 691. The van der Waals surface area contributed by atoms with Gasteiger partial charge in [0.2, 0.25) is 11.7 Å². The molecule has 0 unspecified atom stereocenters. The van der Waals surface area contributed by atoms with Crippen LogP contribution in [0, 0.1) is 0 Å². The van der Waals surface area contributed by atoms with E-state index in [1.54, 1.807) is 40.9 Å². The lowest BCUT2D eigenvalue weighted by atomic mass is 10.1. The number of ether oxygens (including phenoxy) is 2. The number of ketones is 1. The third-order valence-corrected chi connectivity index (χ3v) is 5.97. The normalized spacial score (nSPS) is 25.5. The van der Waals surface area contributed by atoms with Gasteiger partial charge >= 0.3 is 5.97 Å². The lowest BCUT2D eigenvalue weighted by Gasteiger charge is -2.29. The van der Waals surface area contributed by atoms with Crippen LogP contribution in [-0.2, 0) is 14.3 Å². The second-order valence-corrected chi connectivity index (χ2v) is 7.50. The molecule has 0 aromatic heterocycles. The number of esters is 1. The van der Waals surface area contributed by atoms with Crippen molar-refractivity contribution in [2.45, 2.75) is 30.7 Å². The van der Waals surface area contributed by atoms with Crippen LogP contribution in [0.25, 0.3) is 0 Å². The molecule has 1 amide bonds. The van der Waals surface area contributed by atoms with Gasteiger partial charge in [-0.2, -0.15) is 0 Å². The topological polar surface area (TPSA) is 72.9 Å². The molecule has 2 aliphatic rings. The molecule has 6 nitrogen and oxygen atoms in total. The fraction of sp³-hybridized carbons (Fsp3) is 0.471. The Kier molecular flexibility index (Phi) is 4.54. The Morgan fingerprint density at radius 2 is 2.12 bits per heavy atom. The van der Waals surface area contributed by atoms with Crippen molar-refractivity contribution >= 4 is 29.4 Å². The van der Waals surface area contributed by atoms with Gasteiger partial charge in [-0.3, -0.25) is 9.59 Å². The smallest absolute Gasteiger partial charge is 0.330 e. The van der Waals surface area contributed by atoms with Crippen LogP contribution in [0.15, 0.2) is 24.3 Å². The molecule has 1 aromatic carbocycles. The first-order valence-corrected chi connectivity index (χ1v) is 8.74. The highest BCUT2D eigenvalue weighted by Crippen LogP contribution is 2.47. The molecular formula is C17H19NO5S. The minimum Gasteiger partial charge on any atom is -0.496 e. The quantitative estimate of drug-likeness (QED) is 0.597. The Morgan fingerprint density at radius 3 is 2.88 bits per heavy atom. The number of methoxy groups -OCH3 is 1. The minimum atomic E-state index is -0.611. The molecule has 24 heavy (non-hydrogen) atoms. The van der Waals surface area contributed by atoms with Gasteiger partial charge in [-0.1, -0.05) is 12.1 Å². The van der Waals surface area contributed by atoms with Crippen molar-refractivity contribution in [3.63, 3.8) is 0 Å². The molecule has 2 atom stereocenters. The summed E-state index contributed by atoms with van der Waals surface area (Å²) in [6.45, 7) is 1.61. The number of fused-ring (bicyclic) bond motifs is 1. The Morgan fingerprint density at radius 1 is 1.38 bits per heavy atom. The maximum Gasteiger partial charge on any atom is 0.330 e. The van der Waals surface area contributed by atoms with Crippen LogP contribution in [0.5, 0.6) is 5.75 Å². The molecule has 2 heterocycles. The fourth-order valence-corrected chi connectivity index (χ4v) is 4.60. The van der Waals surface area contributed by atoms with Crippen molar-refractivity contribution in [2.24, 2.45) is 0 Å². The van der Waals surface area contributed by atoms with Crippen LogP contribution < -0.4 is 4.74 Å². The first-order valence-electron chi connectivity index (χ1n) is 7.75. The summed E-state index contributed by atoms with van der Waals surface area (Å²) < 4.78 is 10.3. The van der Waals surface area contributed by atoms with Crippen molar-refractivity contribution < 1.29 is 23.9 Å². The van der Waals surface area contributed by atoms with Gasteiger partial charge in [0.15, 0.2) is 6.61 Å². The average molecular weight is 349 g/mol. The third kappa shape index (κ3) is 2.88. The summed E-state index contributed by atoms with van der Waals surface area (Å²) in [6.07, 6.45) is 1.19. The van der Waals surface area contributed by atoms with Gasteiger partial charge in [0, 0.05) is 12.2 Å². The summed E-state index contributed by atoms with van der Waals surface area (Å²) in [4.78, 5) is 37.9. The first-order chi connectivity index (χ1) is 11.5. The van der Waals surface area contributed by atoms with Crippen LogP contribution in [0.3, 0.4) is 0 Å². The molecule has 3 rings (SSSR count). The van der Waals surface area contributed by atoms with Crippen LogP contribution >= 0.6 is 11.8 Å². The van der Waals surface area contributed by atoms with Crippen molar-refractivity contribution in [1.29, 1.82) is 0 Å². The number of carbonyl (C=O) groups is 3. The number of hydrogen-bond acceptors (Lipinski definition) is 6. The number of benzene rings is 1. The molecule has 0 saturated carbocycles. The zero-order chi connectivity index (χ0) is 17.3. The molecule has 0 aliphatic carbocycles. The lowest BCUT2D eigenvalue weighted by molar-refractivity contribution is -0.152. The van der Waals surface area contributed by atoms with Crippen LogP contribution in [0.1, 0.15) is 30.1 Å². The monoisotopic (exact) mass is 349 g/mol. The van der Waals surface area contributed by atoms with E-state index in [1.165, 1.54) is 7.11 Å². The van der Waals surface area contributed by atoms with Gasteiger partial charge in [0.05, 0.1) is 17.5 Å². The van der Waals surface area contributed by atoms with Gasteiger partial charge in [0.1, 0.15) is 11.8 Å². The summed E-state index contributed by atoms with van der Waals surface area (Å²) in [5, 5.41) is 0. The number of para-hydroxylation sites is 1. The number of rotatable bonds is 5. The van der Waals surface area contributed by atoms with E-state index >= 15 is 0 Å². The van der Waals surface area contributed by atoms with E-state index in [9.17, 15) is 14.4 Å². The number of Topliss-reactive ketones (excluding diaryl/α,β-unsaturated/α-hetero) is 1. The largest absolute Gasteiger partial charge is 0.496 e. The molecule has 2 aliphatic heterocycles. The summed E-state index contributed by atoms with van der Waals surface area (Å²) >= 11 is 1.59. The molecule has 0 bridgehead atoms. The van der Waals surface area contributed by atoms with Gasteiger partial charge < -0.3 is 14.4 Å². The molecule has 0 spiro atoms. The first kappa shape index (κ1) is 16.8. The zero-order valence-corrected chi connectivity index (χ0v) is 14.4. The number of carbonyl (C=O) groups excluding carboxylic acids is 3. The standard InChI is InChI=1S/C17H19NO5S/c1-17-8-7-15(20)18(17)12(10-24-17)16(21)23-9-13(19)11-5-3-4-6-14(11)22-2/h3-6,12H,7-10H2,1-2H3/t12-,17+/m1/s1. The highest BCUT2D eigenvalue weighted by atomic mass is 32.2. The highest BCUT2D eigenvalue weighted by molar-refractivity contribution is 8.01. The van der Waals surface area contributed by atoms with Gasteiger partial charge in [-0.05, 0) is 25.5 Å². The van der Waals surface area contributed by atoms with E-state index in [0.29, 0.717) is 23.5 Å². The van der Waals surface area contributed by atoms with Crippen molar-refractivity contribution in [3.8, 4) is 5.75 Å². The van der Waals surface area contributed by atoms with E-state index in [-0.39, 0.29) is 23.2 Å². The molecule has 128 valence electrons. The van der Waals surface area contributed by atoms with Crippen LogP contribution in [0.2, 0.25) is 0 Å². The predicted octanol–water partition coefficient (Wildman–Crippen LogP) is 1.88. The second kappa shape index (κ2) is 6.47. The van der Waals surface area contributed by atoms with Crippen molar-refractivity contribution in [2.75, 3.05) is 19.5 Å². The van der Waals surface area contributed by atoms with Gasteiger partial charge in [-0.15, -0.1) is 11.8 Å². The number of amides is 1. The summed E-state index contributed by atoms with van der Waals surface area (Å²) in [6, 6.07) is 6.18. The molecule has 0 radical (unpaired) electrons. The van der Waals surface area contributed by atoms with Crippen molar-refractivity contribution in [3.05, 3.63) is 29.8 Å². The van der Waals surface area contributed by atoms with Gasteiger partial charge in [-0.25, -0.2) is 4.79 Å². The van der Waals surface area contributed by atoms with Crippen molar-refractivity contribution in [1.82, 2.24) is 4.90 Å². The highest BCUT2D eigenvalue weighted by Gasteiger charge is 2.53. The summed E-state index contributed by atoms with van der Waals surface area (Å²) in [7, 11) is 1.48. The van der Waals surface area contributed by atoms with E-state index in [2.05, 4.69) is 0 Å². The van der Waals surface area contributed by atoms with E-state index in [1.807, 2.05) is 6.92 Å². The average Bonchev–Trinajstić information content (AvgIpc) is 3.08. The summed E-state index contributed by atoms with van der Waals surface area (Å²) in [5.41, 5.74) is 0.371. The van der Waals surface area contributed by atoms with Crippen LogP contribution in [-0.4, -0.2) is 52.9 Å². The van der Waals surface area contributed by atoms with E-state index < -0.39 is 12.0 Å². The molecule has 2 saturated heterocycles. The molecular weight excluding hydrogens is 330 g/mol. The number of hydrogen-bond donors (Lipinski definition) is 0. The lowest BCUT2D eigenvalue weighted by Crippen LogP contribution is -2.46. The van der Waals surface area contributed by atoms with Crippen LogP contribution in [0.4, 0.5) is 0 Å². The number of thioether (sulfide) groups is 1. The summed E-state index contributed by atoms with van der Waals surface area (Å²) in [5.74, 6) is 0.0636. The van der Waals surface area contributed by atoms with E-state index in [4.69, 9.17) is 9.47 Å². The Hall–Kier alpha value is -2.02.